The Kier molecular flexibility index (Phi) is 6.68. The van der Waals surface area contributed by atoms with E-state index in [-0.39, 0.29) is 12.3 Å². The fraction of sp³-hybridized carbons (Fsp3) is 0.250. The Morgan fingerprint density at radius 1 is 1.25 bits per heavy atom. The van der Waals surface area contributed by atoms with Gasteiger partial charge in [0.25, 0.3) is 5.91 Å². The Labute approximate surface area is 176 Å². The summed E-state index contributed by atoms with van der Waals surface area (Å²) in [6.45, 7) is 4.62. The first-order valence-electron chi connectivity index (χ1n) is 8.68. The summed E-state index contributed by atoms with van der Waals surface area (Å²) in [6, 6.07) is 13.1. The number of nitriles is 1. The number of thiophene rings is 1. The van der Waals surface area contributed by atoms with E-state index in [2.05, 4.69) is 11.1 Å². The van der Waals surface area contributed by atoms with E-state index < -0.39 is 0 Å². The molecule has 144 valence electrons. The number of carbonyl (C=O) groups excluding carboxylic acids is 1. The first kappa shape index (κ1) is 20.3. The van der Waals surface area contributed by atoms with Crippen LogP contribution in [0, 0.1) is 18.3 Å². The number of halogens is 1. The minimum atomic E-state index is -0.164. The number of carbonyl (C=O) groups is 1. The maximum absolute atomic E-state index is 13.3. The van der Waals surface area contributed by atoms with Gasteiger partial charge in [0, 0.05) is 12.2 Å². The van der Waals surface area contributed by atoms with E-state index in [9.17, 15) is 4.79 Å². The average Bonchev–Trinajstić information content (AvgIpc) is 3.29. The van der Waals surface area contributed by atoms with Crippen molar-refractivity contribution in [1.82, 2.24) is 4.98 Å². The highest BCUT2D eigenvalue weighted by Crippen LogP contribution is 2.36. The van der Waals surface area contributed by atoms with Gasteiger partial charge in [0.15, 0.2) is 0 Å². The van der Waals surface area contributed by atoms with Crippen LogP contribution in [0.2, 0.25) is 4.34 Å². The molecule has 0 spiro atoms. The molecule has 5 nitrogen and oxygen atoms in total. The van der Waals surface area contributed by atoms with Crippen LogP contribution in [0.3, 0.4) is 0 Å². The fourth-order valence-electron chi connectivity index (χ4n) is 2.65. The first-order valence-corrected chi connectivity index (χ1v) is 10.7. The Balaban J connectivity index is 1.91. The molecule has 0 atom stereocenters. The molecule has 0 bridgehead atoms. The number of rotatable bonds is 7. The lowest BCUT2D eigenvalue weighted by Crippen LogP contribution is -2.31. The van der Waals surface area contributed by atoms with Crippen molar-refractivity contribution in [2.24, 2.45) is 0 Å². The Morgan fingerprint density at radius 3 is 2.61 bits per heavy atom. The molecule has 8 heteroatoms. The Bertz CT molecular complexity index is 1010. The molecular weight excluding hydrogens is 414 g/mol. The molecular formula is C20H18ClN3O2S2. The standard InChI is InChI=1S/C20H18ClN3O2S2/c1-3-26-15-7-5-14(6-8-15)24(12-4-11-22)20(25)18-13(2)23-19(28-18)16-9-10-17(21)27-16/h5-10H,3-4,12H2,1-2H3. The molecule has 0 aliphatic carbocycles. The van der Waals surface area contributed by atoms with Crippen molar-refractivity contribution in [1.29, 1.82) is 5.26 Å². The van der Waals surface area contributed by atoms with Crippen LogP contribution >= 0.6 is 34.3 Å². The molecule has 0 aliphatic rings. The van der Waals surface area contributed by atoms with Crippen LogP contribution in [0.4, 0.5) is 5.69 Å². The zero-order chi connectivity index (χ0) is 20.1. The number of aromatic nitrogens is 1. The maximum Gasteiger partial charge on any atom is 0.270 e. The van der Waals surface area contributed by atoms with Gasteiger partial charge in [-0.1, -0.05) is 11.6 Å². The van der Waals surface area contributed by atoms with Crippen molar-refractivity contribution < 1.29 is 9.53 Å². The Hall–Kier alpha value is -2.40. The Morgan fingerprint density at radius 2 is 2.00 bits per heavy atom. The molecule has 0 fully saturated rings. The number of amides is 1. The van der Waals surface area contributed by atoms with E-state index in [1.165, 1.54) is 22.7 Å². The second-order valence-corrected chi connectivity index (χ2v) is 8.54. The summed E-state index contributed by atoms with van der Waals surface area (Å²) >= 11 is 8.80. The predicted molar refractivity (Wildman–Crippen MR) is 115 cm³/mol. The molecule has 1 amide bonds. The number of nitrogens with zero attached hydrogens (tertiary/aromatic N) is 3. The van der Waals surface area contributed by atoms with E-state index in [0.717, 1.165) is 21.3 Å². The van der Waals surface area contributed by atoms with Crippen molar-refractivity contribution in [3.8, 4) is 21.7 Å². The van der Waals surface area contributed by atoms with Gasteiger partial charge in [-0.2, -0.15) is 5.26 Å². The summed E-state index contributed by atoms with van der Waals surface area (Å²) < 4.78 is 6.15. The lowest BCUT2D eigenvalue weighted by molar-refractivity contribution is 0.0990. The number of ether oxygens (including phenoxy) is 1. The molecule has 3 aromatic rings. The zero-order valence-corrected chi connectivity index (χ0v) is 17.8. The van der Waals surface area contributed by atoms with Crippen molar-refractivity contribution in [2.45, 2.75) is 20.3 Å². The minimum absolute atomic E-state index is 0.164. The molecule has 28 heavy (non-hydrogen) atoms. The van der Waals surface area contributed by atoms with Crippen LogP contribution in [-0.2, 0) is 0 Å². The molecule has 0 N–H and O–H groups in total. The molecule has 2 heterocycles. The van der Waals surface area contributed by atoms with Crippen LogP contribution in [0.15, 0.2) is 36.4 Å². The molecule has 0 unspecified atom stereocenters. The SMILES string of the molecule is CCOc1ccc(N(CCC#N)C(=O)c2sc(-c3ccc(Cl)s3)nc2C)cc1. The predicted octanol–water partition coefficient (Wildman–Crippen LogP) is 5.79. The second kappa shape index (κ2) is 9.20. The van der Waals surface area contributed by atoms with Crippen molar-refractivity contribution in [2.75, 3.05) is 18.1 Å². The summed E-state index contributed by atoms with van der Waals surface area (Å²) in [5, 5.41) is 9.78. The zero-order valence-electron chi connectivity index (χ0n) is 15.4. The monoisotopic (exact) mass is 431 g/mol. The first-order chi connectivity index (χ1) is 13.5. The fourth-order valence-corrected chi connectivity index (χ4v) is 4.76. The third-order valence-electron chi connectivity index (χ3n) is 3.93. The van der Waals surface area contributed by atoms with E-state index in [1.54, 1.807) is 4.90 Å². The lowest BCUT2D eigenvalue weighted by Gasteiger charge is -2.21. The normalized spacial score (nSPS) is 10.5. The van der Waals surface area contributed by atoms with Gasteiger partial charge in [0.2, 0.25) is 0 Å². The molecule has 0 saturated heterocycles. The van der Waals surface area contributed by atoms with Gasteiger partial charge in [-0.25, -0.2) is 4.98 Å². The molecule has 1 aromatic carbocycles. The minimum Gasteiger partial charge on any atom is -0.494 e. The number of benzene rings is 1. The van der Waals surface area contributed by atoms with Gasteiger partial charge in [-0.15, -0.1) is 22.7 Å². The highest BCUT2D eigenvalue weighted by molar-refractivity contribution is 7.24. The highest BCUT2D eigenvalue weighted by Gasteiger charge is 2.23. The largest absolute Gasteiger partial charge is 0.494 e. The van der Waals surface area contributed by atoms with E-state index >= 15 is 0 Å². The van der Waals surface area contributed by atoms with Gasteiger partial charge in [0.1, 0.15) is 15.6 Å². The summed E-state index contributed by atoms with van der Waals surface area (Å²) in [7, 11) is 0. The van der Waals surface area contributed by atoms with Gasteiger partial charge < -0.3 is 9.64 Å². The van der Waals surface area contributed by atoms with E-state index in [1.807, 2.05) is 50.2 Å². The summed E-state index contributed by atoms with van der Waals surface area (Å²) in [5.74, 6) is 0.577. The number of hydrogen-bond donors (Lipinski definition) is 0. The van der Waals surface area contributed by atoms with Crippen molar-refractivity contribution in [3.05, 3.63) is 51.3 Å². The number of anilines is 1. The number of aryl methyl sites for hydroxylation is 1. The highest BCUT2D eigenvalue weighted by atomic mass is 35.5. The molecule has 0 aliphatic heterocycles. The third kappa shape index (κ3) is 4.53. The topological polar surface area (TPSA) is 66.2 Å². The number of thiazole rings is 1. The van der Waals surface area contributed by atoms with Gasteiger partial charge >= 0.3 is 0 Å². The smallest absolute Gasteiger partial charge is 0.270 e. The summed E-state index contributed by atoms with van der Waals surface area (Å²) in [6.07, 6.45) is 0.240. The maximum atomic E-state index is 13.3. The van der Waals surface area contributed by atoms with Gasteiger partial charge in [-0.3, -0.25) is 4.79 Å². The summed E-state index contributed by atoms with van der Waals surface area (Å²) in [5.41, 5.74) is 1.39. The van der Waals surface area contributed by atoms with Crippen LogP contribution < -0.4 is 9.64 Å². The van der Waals surface area contributed by atoms with E-state index in [0.29, 0.717) is 28.1 Å². The molecule has 0 radical (unpaired) electrons. The van der Waals surface area contributed by atoms with Crippen molar-refractivity contribution in [3.63, 3.8) is 0 Å². The summed E-state index contributed by atoms with van der Waals surface area (Å²) in [4.78, 5) is 20.9. The van der Waals surface area contributed by atoms with E-state index in [4.69, 9.17) is 21.6 Å². The number of hydrogen-bond acceptors (Lipinski definition) is 6. The van der Waals surface area contributed by atoms with Crippen molar-refractivity contribution >= 4 is 45.9 Å². The average molecular weight is 432 g/mol. The van der Waals surface area contributed by atoms with Crippen LogP contribution in [0.25, 0.3) is 9.88 Å². The second-order valence-electron chi connectivity index (χ2n) is 5.83. The van der Waals surface area contributed by atoms with Crippen LogP contribution in [-0.4, -0.2) is 24.0 Å². The molecule has 3 rings (SSSR count). The van der Waals surface area contributed by atoms with Gasteiger partial charge in [-0.05, 0) is 50.2 Å². The molecule has 0 saturated carbocycles. The van der Waals surface area contributed by atoms with Crippen LogP contribution in [0.1, 0.15) is 28.7 Å². The lowest BCUT2D eigenvalue weighted by atomic mass is 10.2. The third-order valence-corrected chi connectivity index (χ3v) is 6.47. The quantitative estimate of drug-likeness (QED) is 0.474. The van der Waals surface area contributed by atoms with Gasteiger partial charge in [0.05, 0.1) is 34.0 Å². The molecule has 2 aromatic heterocycles. The van der Waals surface area contributed by atoms with Crippen LogP contribution in [0.5, 0.6) is 5.75 Å².